The van der Waals surface area contributed by atoms with Crippen molar-refractivity contribution >= 4 is 23.4 Å². The summed E-state index contributed by atoms with van der Waals surface area (Å²) in [6.07, 6.45) is 1.60. The van der Waals surface area contributed by atoms with E-state index in [-0.39, 0.29) is 11.9 Å². The van der Waals surface area contributed by atoms with Crippen molar-refractivity contribution < 1.29 is 9.59 Å². The van der Waals surface area contributed by atoms with Crippen LogP contribution in [0.15, 0.2) is 54.7 Å². The third-order valence-corrected chi connectivity index (χ3v) is 4.34. The van der Waals surface area contributed by atoms with E-state index in [1.807, 2.05) is 18.2 Å². The fourth-order valence-corrected chi connectivity index (χ4v) is 2.82. The number of benzene rings is 1. The second-order valence-electron chi connectivity index (χ2n) is 6.19. The fourth-order valence-electron chi connectivity index (χ4n) is 2.82. The molecule has 1 saturated heterocycles. The highest BCUT2D eigenvalue weighted by molar-refractivity contribution is 5.96. The summed E-state index contributed by atoms with van der Waals surface area (Å²) >= 11 is 0. The van der Waals surface area contributed by atoms with E-state index in [9.17, 15) is 9.59 Å². The number of carbonyl (C=O) groups excluding carboxylic acids is 2. The van der Waals surface area contributed by atoms with Gasteiger partial charge in [0, 0.05) is 38.1 Å². The average molecular weight is 353 g/mol. The van der Waals surface area contributed by atoms with Crippen LogP contribution in [0.2, 0.25) is 0 Å². The molecule has 0 aliphatic carbocycles. The molecule has 7 nitrogen and oxygen atoms in total. The van der Waals surface area contributed by atoms with Crippen LogP contribution in [0, 0.1) is 0 Å². The number of nitrogens with one attached hydrogen (secondary N) is 2. The molecule has 1 atom stereocenters. The van der Waals surface area contributed by atoms with E-state index in [0.717, 1.165) is 18.8 Å². The molecule has 1 aromatic carbocycles. The van der Waals surface area contributed by atoms with Crippen molar-refractivity contribution in [1.82, 2.24) is 15.2 Å². The molecule has 2 heterocycles. The molecule has 1 aliphatic heterocycles. The van der Waals surface area contributed by atoms with Gasteiger partial charge in [0.15, 0.2) is 0 Å². The first-order valence-corrected chi connectivity index (χ1v) is 8.71. The van der Waals surface area contributed by atoms with Gasteiger partial charge in [-0.2, -0.15) is 0 Å². The molecule has 3 rings (SSSR count). The van der Waals surface area contributed by atoms with E-state index in [1.165, 1.54) is 0 Å². The quantitative estimate of drug-likeness (QED) is 0.881. The van der Waals surface area contributed by atoms with Gasteiger partial charge in [0.05, 0.1) is 0 Å². The first-order chi connectivity index (χ1) is 12.6. The van der Waals surface area contributed by atoms with Gasteiger partial charge in [-0.05, 0) is 31.2 Å². The normalized spacial score (nSPS) is 15.3. The molecule has 0 radical (unpaired) electrons. The van der Waals surface area contributed by atoms with Gasteiger partial charge >= 0.3 is 6.03 Å². The summed E-state index contributed by atoms with van der Waals surface area (Å²) in [6, 6.07) is 14.6. The zero-order chi connectivity index (χ0) is 18.4. The molecular formula is C19H23N5O2. The summed E-state index contributed by atoms with van der Waals surface area (Å²) in [5.41, 5.74) is 1.16. The zero-order valence-corrected chi connectivity index (χ0v) is 14.8. The van der Waals surface area contributed by atoms with Gasteiger partial charge in [0.1, 0.15) is 11.9 Å². The molecule has 7 heteroatoms. The number of carbonyl (C=O) groups is 2. The Balaban J connectivity index is 1.47. The second kappa shape index (κ2) is 8.33. The molecule has 26 heavy (non-hydrogen) atoms. The highest BCUT2D eigenvalue weighted by Gasteiger charge is 2.24. The Morgan fingerprint density at radius 2 is 1.69 bits per heavy atom. The number of pyridine rings is 1. The van der Waals surface area contributed by atoms with Crippen LogP contribution < -0.4 is 15.5 Å². The van der Waals surface area contributed by atoms with Crippen LogP contribution in [0.25, 0.3) is 0 Å². The number of amides is 3. The molecule has 3 amide bonds. The van der Waals surface area contributed by atoms with Gasteiger partial charge in [-0.25, -0.2) is 9.78 Å². The number of piperazine rings is 1. The SMILES string of the molecule is C[C@@H](NC(=O)N1CCN(c2ccccc2)CC1)C(=O)Nc1ccccn1. The van der Waals surface area contributed by atoms with E-state index >= 15 is 0 Å². The van der Waals surface area contributed by atoms with Crippen molar-refractivity contribution in [1.29, 1.82) is 0 Å². The van der Waals surface area contributed by atoms with E-state index in [4.69, 9.17) is 0 Å². The Kier molecular flexibility index (Phi) is 5.68. The zero-order valence-electron chi connectivity index (χ0n) is 14.8. The standard InChI is InChI=1S/C19H23N5O2/c1-15(18(25)22-17-9-5-6-10-20-17)21-19(26)24-13-11-23(12-14-24)16-7-3-2-4-8-16/h2-10,15H,11-14H2,1H3,(H,21,26)(H,20,22,25)/t15-/m1/s1. The third-order valence-electron chi connectivity index (χ3n) is 4.34. The number of anilines is 2. The van der Waals surface area contributed by atoms with Crippen molar-refractivity contribution in [2.24, 2.45) is 0 Å². The maximum atomic E-state index is 12.4. The summed E-state index contributed by atoms with van der Waals surface area (Å²) in [7, 11) is 0. The van der Waals surface area contributed by atoms with Gasteiger partial charge in [-0.1, -0.05) is 24.3 Å². The van der Waals surface area contributed by atoms with Gasteiger partial charge in [-0.15, -0.1) is 0 Å². The van der Waals surface area contributed by atoms with Gasteiger partial charge in [0.25, 0.3) is 0 Å². The summed E-state index contributed by atoms with van der Waals surface area (Å²) in [4.78, 5) is 32.6. The number of nitrogens with zero attached hydrogens (tertiary/aromatic N) is 3. The summed E-state index contributed by atoms with van der Waals surface area (Å²) in [6.45, 7) is 4.44. The first-order valence-electron chi connectivity index (χ1n) is 8.71. The maximum absolute atomic E-state index is 12.4. The topological polar surface area (TPSA) is 77.6 Å². The van der Waals surface area contributed by atoms with Crippen LogP contribution in [0.1, 0.15) is 6.92 Å². The third kappa shape index (κ3) is 4.50. The lowest BCUT2D eigenvalue weighted by atomic mass is 10.2. The van der Waals surface area contributed by atoms with Crippen molar-refractivity contribution in [2.75, 3.05) is 36.4 Å². The Morgan fingerprint density at radius 1 is 1.00 bits per heavy atom. The fraction of sp³-hybridized carbons (Fsp3) is 0.316. The summed E-state index contributed by atoms with van der Waals surface area (Å²) < 4.78 is 0. The summed E-state index contributed by atoms with van der Waals surface area (Å²) in [5, 5.41) is 5.44. The van der Waals surface area contributed by atoms with Crippen LogP contribution in [-0.2, 0) is 4.79 Å². The number of para-hydroxylation sites is 1. The Bertz CT molecular complexity index is 730. The predicted molar refractivity (Wildman–Crippen MR) is 101 cm³/mol. The predicted octanol–water partition coefficient (Wildman–Crippen LogP) is 1.94. The minimum absolute atomic E-state index is 0.221. The smallest absolute Gasteiger partial charge is 0.318 e. The highest BCUT2D eigenvalue weighted by atomic mass is 16.2. The molecule has 0 saturated carbocycles. The molecule has 0 unspecified atom stereocenters. The first kappa shape index (κ1) is 17.7. The Hall–Kier alpha value is -3.09. The second-order valence-corrected chi connectivity index (χ2v) is 6.19. The van der Waals surface area contributed by atoms with E-state index in [0.29, 0.717) is 18.9 Å². The van der Waals surface area contributed by atoms with E-state index in [2.05, 4.69) is 32.7 Å². The molecule has 2 aromatic rings. The van der Waals surface area contributed by atoms with Crippen LogP contribution in [0.4, 0.5) is 16.3 Å². The lowest BCUT2D eigenvalue weighted by Gasteiger charge is -2.36. The molecule has 0 bridgehead atoms. The van der Waals surface area contributed by atoms with Crippen molar-refractivity contribution in [3.05, 3.63) is 54.7 Å². The lowest BCUT2D eigenvalue weighted by molar-refractivity contribution is -0.117. The number of hydrogen-bond acceptors (Lipinski definition) is 4. The van der Waals surface area contributed by atoms with E-state index < -0.39 is 6.04 Å². The average Bonchev–Trinajstić information content (AvgIpc) is 2.69. The maximum Gasteiger partial charge on any atom is 0.318 e. The molecule has 1 fully saturated rings. The number of rotatable bonds is 4. The molecule has 0 spiro atoms. The molecule has 1 aromatic heterocycles. The van der Waals surface area contributed by atoms with Crippen molar-refractivity contribution in [3.8, 4) is 0 Å². The van der Waals surface area contributed by atoms with Crippen LogP contribution in [-0.4, -0.2) is 54.0 Å². The monoisotopic (exact) mass is 353 g/mol. The van der Waals surface area contributed by atoms with Crippen LogP contribution in [0.5, 0.6) is 0 Å². The Labute approximate surface area is 153 Å². The van der Waals surface area contributed by atoms with Crippen LogP contribution in [0.3, 0.4) is 0 Å². The molecule has 1 aliphatic rings. The van der Waals surface area contributed by atoms with Crippen molar-refractivity contribution in [3.63, 3.8) is 0 Å². The van der Waals surface area contributed by atoms with E-state index in [1.54, 1.807) is 36.2 Å². The molecule has 2 N–H and O–H groups in total. The largest absolute Gasteiger partial charge is 0.368 e. The number of urea groups is 1. The van der Waals surface area contributed by atoms with Gasteiger partial charge in [-0.3, -0.25) is 4.79 Å². The summed E-state index contributed by atoms with van der Waals surface area (Å²) in [5.74, 6) is 0.176. The van der Waals surface area contributed by atoms with Crippen molar-refractivity contribution in [2.45, 2.75) is 13.0 Å². The molecular weight excluding hydrogens is 330 g/mol. The van der Waals surface area contributed by atoms with Gasteiger partial charge in [0.2, 0.25) is 5.91 Å². The molecule has 136 valence electrons. The number of aromatic nitrogens is 1. The minimum atomic E-state index is -0.642. The Morgan fingerprint density at radius 3 is 2.35 bits per heavy atom. The van der Waals surface area contributed by atoms with Gasteiger partial charge < -0.3 is 20.4 Å². The highest BCUT2D eigenvalue weighted by Crippen LogP contribution is 2.15. The minimum Gasteiger partial charge on any atom is -0.368 e. The number of hydrogen-bond donors (Lipinski definition) is 2. The van der Waals surface area contributed by atoms with Crippen LogP contribution >= 0.6 is 0 Å². The lowest BCUT2D eigenvalue weighted by Crippen LogP contribution is -2.54.